The third-order valence-electron chi connectivity index (χ3n) is 4.40. The molecule has 0 saturated carbocycles. The molecule has 11 heteroatoms. The Morgan fingerprint density at radius 1 is 1.23 bits per heavy atom. The Hall–Kier alpha value is -2.82. The van der Waals surface area contributed by atoms with Crippen LogP contribution in [0.15, 0.2) is 58.2 Å². The number of amides is 1. The molecule has 0 bridgehead atoms. The van der Waals surface area contributed by atoms with Gasteiger partial charge in [-0.05, 0) is 48.9 Å². The van der Waals surface area contributed by atoms with Crippen LogP contribution >= 0.6 is 39.3 Å². The molecule has 8 nitrogen and oxygen atoms in total. The number of carbonyl (C=O) groups excluding carboxylic acids is 1. The molecule has 31 heavy (non-hydrogen) atoms. The van der Waals surface area contributed by atoms with E-state index in [2.05, 4.69) is 41.6 Å². The molecule has 0 atom stereocenters. The van der Waals surface area contributed by atoms with E-state index < -0.39 is 0 Å². The predicted molar refractivity (Wildman–Crippen MR) is 126 cm³/mol. The van der Waals surface area contributed by atoms with Crippen molar-refractivity contribution >= 4 is 50.9 Å². The van der Waals surface area contributed by atoms with Gasteiger partial charge in [-0.3, -0.25) is 9.89 Å². The van der Waals surface area contributed by atoms with Crippen molar-refractivity contribution in [3.8, 4) is 22.8 Å². The van der Waals surface area contributed by atoms with Crippen molar-refractivity contribution < 1.29 is 4.79 Å². The molecule has 0 aliphatic rings. The molecule has 2 aromatic heterocycles. The first-order valence-electron chi connectivity index (χ1n) is 9.12. The first-order valence-corrected chi connectivity index (χ1v) is 11.3. The molecule has 0 radical (unpaired) electrons. The Morgan fingerprint density at radius 3 is 2.74 bits per heavy atom. The third-order valence-corrected chi connectivity index (χ3v) is 6.48. The molecule has 0 unspecified atom stereocenters. The maximum atomic E-state index is 12.3. The first-order chi connectivity index (χ1) is 14.9. The number of carbonyl (C=O) groups is 1. The molecule has 0 fully saturated rings. The number of aromatic nitrogens is 5. The normalized spacial score (nSPS) is 10.9. The lowest BCUT2D eigenvalue weighted by atomic mass is 10.1. The van der Waals surface area contributed by atoms with Crippen molar-refractivity contribution in [1.82, 2.24) is 25.1 Å². The van der Waals surface area contributed by atoms with Gasteiger partial charge in [0.2, 0.25) is 16.9 Å². The van der Waals surface area contributed by atoms with E-state index in [0.29, 0.717) is 21.7 Å². The highest BCUT2D eigenvalue weighted by molar-refractivity contribution is 9.10. The van der Waals surface area contributed by atoms with Crippen LogP contribution in [0, 0.1) is 6.92 Å². The lowest BCUT2D eigenvalue weighted by Gasteiger charge is -2.07. The molecular formula is C20H17BrClN7OS. The van der Waals surface area contributed by atoms with Crippen molar-refractivity contribution in [3.05, 3.63) is 63.6 Å². The minimum Gasteiger partial charge on any atom is -0.335 e. The largest absolute Gasteiger partial charge is 0.335 e. The summed E-state index contributed by atoms with van der Waals surface area (Å²) >= 11 is 10.6. The molecule has 4 rings (SSSR count). The maximum Gasteiger partial charge on any atom is 0.234 e. The summed E-state index contributed by atoms with van der Waals surface area (Å²) < 4.78 is 2.32. The Balaban J connectivity index is 1.42. The summed E-state index contributed by atoms with van der Waals surface area (Å²) in [4.78, 5) is 12.3. The van der Waals surface area contributed by atoms with Crippen LogP contribution in [-0.4, -0.2) is 36.7 Å². The van der Waals surface area contributed by atoms with Crippen molar-refractivity contribution in [1.29, 1.82) is 0 Å². The van der Waals surface area contributed by atoms with Gasteiger partial charge in [0.25, 0.3) is 0 Å². The number of aryl methyl sites for hydroxylation is 1. The predicted octanol–water partition coefficient (Wildman–Crippen LogP) is 4.50. The summed E-state index contributed by atoms with van der Waals surface area (Å²) in [6.07, 6.45) is 0. The molecule has 2 heterocycles. The SMILES string of the molecule is Cc1cc(NC(=O)CSc2nnc(-c3cc(-c4ccc(Cl)cc4)n[nH]3)n2N)ccc1Br. The second-order valence-corrected chi connectivity index (χ2v) is 8.88. The van der Waals surface area contributed by atoms with E-state index in [1.54, 1.807) is 12.1 Å². The number of benzene rings is 2. The number of nitrogens with zero attached hydrogens (tertiary/aromatic N) is 4. The first kappa shape index (κ1) is 21.4. The molecule has 0 saturated heterocycles. The Bertz CT molecular complexity index is 1240. The summed E-state index contributed by atoms with van der Waals surface area (Å²) in [7, 11) is 0. The van der Waals surface area contributed by atoms with Crippen LogP contribution in [0.4, 0.5) is 5.69 Å². The maximum absolute atomic E-state index is 12.3. The van der Waals surface area contributed by atoms with Crippen LogP contribution in [0.25, 0.3) is 22.8 Å². The van der Waals surface area contributed by atoms with Gasteiger partial charge in [-0.15, -0.1) is 10.2 Å². The van der Waals surface area contributed by atoms with Gasteiger partial charge in [-0.25, -0.2) is 4.68 Å². The van der Waals surface area contributed by atoms with E-state index >= 15 is 0 Å². The topological polar surface area (TPSA) is 115 Å². The smallest absolute Gasteiger partial charge is 0.234 e. The van der Waals surface area contributed by atoms with Crippen molar-refractivity contribution in [2.75, 3.05) is 16.9 Å². The van der Waals surface area contributed by atoms with Gasteiger partial charge in [0.05, 0.1) is 11.4 Å². The average molecular weight is 519 g/mol. The van der Waals surface area contributed by atoms with Crippen molar-refractivity contribution in [3.63, 3.8) is 0 Å². The van der Waals surface area contributed by atoms with E-state index in [1.807, 2.05) is 43.3 Å². The molecule has 0 aliphatic carbocycles. The number of halogens is 2. The van der Waals surface area contributed by atoms with Gasteiger partial charge < -0.3 is 11.2 Å². The van der Waals surface area contributed by atoms with Crippen LogP contribution in [-0.2, 0) is 4.79 Å². The van der Waals surface area contributed by atoms with Gasteiger partial charge in [0.1, 0.15) is 5.69 Å². The number of nitrogens with two attached hydrogens (primary N) is 1. The summed E-state index contributed by atoms with van der Waals surface area (Å²) in [6, 6.07) is 14.8. The van der Waals surface area contributed by atoms with Crippen LogP contribution in [0.5, 0.6) is 0 Å². The Morgan fingerprint density at radius 2 is 2.00 bits per heavy atom. The van der Waals surface area contributed by atoms with Crippen molar-refractivity contribution in [2.24, 2.45) is 0 Å². The molecule has 4 N–H and O–H groups in total. The van der Waals surface area contributed by atoms with E-state index in [-0.39, 0.29) is 11.7 Å². The zero-order valence-corrected chi connectivity index (χ0v) is 19.4. The standard InChI is InChI=1S/C20H17BrClN7OS/c1-11-8-14(6-7-15(11)21)24-18(30)10-31-20-28-27-19(29(20)23)17-9-16(25-26-17)12-2-4-13(22)5-3-12/h2-9H,10,23H2,1H3,(H,24,30)(H,25,26). The number of thioether (sulfide) groups is 1. The van der Waals surface area contributed by atoms with Crippen LogP contribution in [0.3, 0.4) is 0 Å². The highest BCUT2D eigenvalue weighted by Crippen LogP contribution is 2.26. The van der Waals surface area contributed by atoms with Gasteiger partial charge in [0.15, 0.2) is 0 Å². The van der Waals surface area contributed by atoms with Crippen molar-refractivity contribution in [2.45, 2.75) is 12.1 Å². The highest BCUT2D eigenvalue weighted by Gasteiger charge is 2.16. The summed E-state index contributed by atoms with van der Waals surface area (Å²) in [5, 5.41) is 19.4. The Labute approximate surface area is 195 Å². The highest BCUT2D eigenvalue weighted by atomic mass is 79.9. The monoisotopic (exact) mass is 517 g/mol. The number of hydrogen-bond acceptors (Lipinski definition) is 6. The third kappa shape index (κ3) is 4.92. The number of nitrogen functional groups attached to an aromatic ring is 1. The van der Waals surface area contributed by atoms with E-state index in [1.165, 1.54) is 16.4 Å². The quantitative estimate of drug-likeness (QED) is 0.256. The van der Waals surface area contributed by atoms with E-state index in [4.69, 9.17) is 17.4 Å². The van der Waals surface area contributed by atoms with Gasteiger partial charge >= 0.3 is 0 Å². The van der Waals surface area contributed by atoms with Gasteiger partial charge in [0, 0.05) is 20.7 Å². The van der Waals surface area contributed by atoms with Crippen LogP contribution in [0.1, 0.15) is 5.56 Å². The summed E-state index contributed by atoms with van der Waals surface area (Å²) in [6.45, 7) is 1.96. The lowest BCUT2D eigenvalue weighted by Crippen LogP contribution is -2.16. The van der Waals surface area contributed by atoms with Crippen LogP contribution in [0.2, 0.25) is 5.02 Å². The average Bonchev–Trinajstić information content (AvgIpc) is 3.36. The van der Waals surface area contributed by atoms with Crippen LogP contribution < -0.4 is 11.2 Å². The van der Waals surface area contributed by atoms with Gasteiger partial charge in [-0.1, -0.05) is 51.4 Å². The second kappa shape index (κ2) is 9.13. The number of anilines is 1. The molecule has 0 spiro atoms. The molecule has 158 valence electrons. The molecule has 2 aromatic carbocycles. The second-order valence-electron chi connectivity index (χ2n) is 6.65. The number of rotatable bonds is 6. The Kier molecular flexibility index (Phi) is 6.30. The number of hydrogen-bond donors (Lipinski definition) is 3. The molecule has 1 amide bonds. The minimum atomic E-state index is -0.164. The lowest BCUT2D eigenvalue weighted by molar-refractivity contribution is -0.113. The number of nitrogens with one attached hydrogen (secondary N) is 2. The zero-order valence-electron chi connectivity index (χ0n) is 16.3. The van der Waals surface area contributed by atoms with Gasteiger partial charge in [-0.2, -0.15) is 5.10 Å². The van der Waals surface area contributed by atoms with E-state index in [0.717, 1.165) is 27.0 Å². The molecule has 4 aromatic rings. The molecule has 0 aliphatic heterocycles. The number of aromatic amines is 1. The fraction of sp³-hybridized carbons (Fsp3) is 0.100. The number of H-pyrrole nitrogens is 1. The minimum absolute atomic E-state index is 0.142. The summed E-state index contributed by atoms with van der Waals surface area (Å²) in [5.41, 5.74) is 4.02. The van der Waals surface area contributed by atoms with E-state index in [9.17, 15) is 4.79 Å². The zero-order chi connectivity index (χ0) is 22.0. The fourth-order valence-corrected chi connectivity index (χ4v) is 3.84. The fourth-order valence-electron chi connectivity index (χ4n) is 2.81. The summed E-state index contributed by atoms with van der Waals surface area (Å²) in [5.74, 6) is 6.54. The molecular weight excluding hydrogens is 502 g/mol.